The lowest BCUT2D eigenvalue weighted by molar-refractivity contribution is -0.144. The average molecular weight is 609 g/mol. The summed E-state index contributed by atoms with van der Waals surface area (Å²) in [4.78, 5) is 21.7. The first-order chi connectivity index (χ1) is 16.8. The molecule has 0 radical (unpaired) electrons. The molecule has 2 N–H and O–H groups in total. The molecule has 6 rings (SSSR count). The molecule has 1 aromatic rings. The van der Waals surface area contributed by atoms with Gasteiger partial charge in [0.15, 0.2) is 9.76 Å². The smallest absolute Gasteiger partial charge is 0.307 e. The van der Waals surface area contributed by atoms with Crippen molar-refractivity contribution in [2.75, 3.05) is 0 Å². The van der Waals surface area contributed by atoms with Crippen LogP contribution in [0.4, 0.5) is 0 Å². The van der Waals surface area contributed by atoms with Gasteiger partial charge in [-0.1, -0.05) is 46.4 Å². The van der Waals surface area contributed by atoms with Crippen LogP contribution in [0, 0.1) is 17.8 Å². The Morgan fingerprint density at radius 1 is 0.944 bits per heavy atom. The van der Waals surface area contributed by atoms with E-state index in [9.17, 15) is 19.8 Å². The third-order valence-corrected chi connectivity index (χ3v) is 12.5. The second-order valence-electron chi connectivity index (χ2n) is 9.72. The highest BCUT2D eigenvalue weighted by atomic mass is 35.5. The second kappa shape index (κ2) is 7.84. The molecule has 6 atom stereocenters. The van der Waals surface area contributed by atoms with Crippen LogP contribution < -0.4 is 5.43 Å². The van der Waals surface area contributed by atoms with Crippen LogP contribution in [0.15, 0.2) is 55.7 Å². The largest absolute Gasteiger partial charge is 0.508 e. The van der Waals surface area contributed by atoms with Crippen molar-refractivity contribution in [3.8, 4) is 17.1 Å². The molecule has 4 aliphatic carbocycles. The number of benzene rings is 2. The van der Waals surface area contributed by atoms with Gasteiger partial charge in [-0.3, -0.25) is 9.59 Å². The van der Waals surface area contributed by atoms with Gasteiger partial charge in [0.1, 0.15) is 26.8 Å². The minimum absolute atomic E-state index is 0.0363. The summed E-state index contributed by atoms with van der Waals surface area (Å²) in [6.45, 7) is 0. The highest BCUT2D eigenvalue weighted by Gasteiger charge is 2.83. The number of halogens is 6. The maximum Gasteiger partial charge on any atom is 0.307 e. The van der Waals surface area contributed by atoms with Crippen LogP contribution in [0.1, 0.15) is 24.3 Å². The maximum absolute atomic E-state index is 12.7. The number of hydrogen-bond acceptors (Lipinski definition) is 4. The topological polar surface area (TPSA) is 87.7 Å². The molecular weight excluding hydrogens is 593 g/mol. The van der Waals surface area contributed by atoms with E-state index in [0.29, 0.717) is 22.1 Å². The molecule has 1 aromatic carbocycles. The average Bonchev–Trinajstić information content (AvgIpc) is 3.02. The van der Waals surface area contributed by atoms with Crippen molar-refractivity contribution in [1.29, 1.82) is 0 Å². The van der Waals surface area contributed by atoms with E-state index in [4.69, 9.17) is 74.0 Å². The second-order valence-corrected chi connectivity index (χ2v) is 13.0. The molecular formula is C25H16Cl6O5. The minimum atomic E-state index is -1.77. The molecule has 36 heavy (non-hydrogen) atoms. The zero-order valence-electron chi connectivity index (χ0n) is 18.1. The summed E-state index contributed by atoms with van der Waals surface area (Å²) in [7, 11) is 0. The van der Waals surface area contributed by atoms with Gasteiger partial charge < -0.3 is 14.6 Å². The van der Waals surface area contributed by atoms with Gasteiger partial charge in [-0.15, -0.1) is 23.2 Å². The van der Waals surface area contributed by atoms with Gasteiger partial charge in [0, 0.05) is 23.1 Å². The number of carbonyl (C=O) groups is 1. The zero-order valence-corrected chi connectivity index (χ0v) is 22.6. The molecule has 0 aromatic heterocycles. The molecule has 188 valence electrons. The van der Waals surface area contributed by atoms with Gasteiger partial charge in [0.05, 0.1) is 16.0 Å². The number of fused-ring (bicyclic) bond motifs is 7. The SMILES string of the molecule is O=C(O)[C@H]1C[C@@H]2[C@H](C[C@@H]1c1c3ccc(=O)cc-3oc3cc(O)ccc13)[C@]1(Cl)C(Cl)=C(Cl)[C@]2(Cl)C1(Cl)Cl. The van der Waals surface area contributed by atoms with Crippen LogP contribution in [-0.2, 0) is 4.79 Å². The van der Waals surface area contributed by atoms with Crippen LogP contribution in [0.5, 0.6) is 5.75 Å². The summed E-state index contributed by atoms with van der Waals surface area (Å²) in [6.07, 6.45) is 0.326. The number of allylic oxidation sites excluding steroid dienone is 2. The summed E-state index contributed by atoms with van der Waals surface area (Å²) >= 11 is 40.8. The predicted molar refractivity (Wildman–Crippen MR) is 141 cm³/mol. The lowest BCUT2D eigenvalue weighted by Crippen LogP contribution is -2.45. The molecule has 1 aliphatic heterocycles. The van der Waals surface area contributed by atoms with Gasteiger partial charge in [-0.05, 0) is 60.4 Å². The van der Waals surface area contributed by atoms with E-state index in [1.165, 1.54) is 24.3 Å². The fraction of sp³-hybridized carbons (Fsp3) is 0.360. The van der Waals surface area contributed by atoms with Crippen LogP contribution in [0.2, 0.25) is 0 Å². The maximum atomic E-state index is 12.7. The first-order valence-corrected chi connectivity index (χ1v) is 13.3. The highest BCUT2D eigenvalue weighted by Crippen LogP contribution is 2.79. The molecule has 2 fully saturated rings. The van der Waals surface area contributed by atoms with Crippen molar-refractivity contribution >= 4 is 86.5 Å². The standard InChI is InChI=1S/C25H16Cl6O5/c26-20-21(27)24(29)16-8-14(22(34)35)13(7-15(16)23(20,28)25(24,30)31)19-11-3-1-9(32)5-17(11)36-18-6-10(33)2-4-12(18)19/h1-6,13-16,32H,7-8H2,(H,34,35)/t13-,14-,15-,16+,23-,24-/m0/s1. The Balaban J connectivity index is 1.61. The van der Waals surface area contributed by atoms with E-state index in [2.05, 4.69) is 0 Å². The number of carboxylic acids is 1. The van der Waals surface area contributed by atoms with E-state index >= 15 is 0 Å². The van der Waals surface area contributed by atoms with Crippen LogP contribution in [0.3, 0.4) is 0 Å². The lowest BCUT2D eigenvalue weighted by Gasteiger charge is -2.45. The number of carboxylic acid groups (broad SMARTS) is 1. The number of phenols is 1. The minimum Gasteiger partial charge on any atom is -0.508 e. The Morgan fingerprint density at radius 3 is 2.22 bits per heavy atom. The van der Waals surface area contributed by atoms with E-state index < -0.39 is 43.7 Å². The molecule has 0 unspecified atom stereocenters. The third kappa shape index (κ3) is 2.88. The first-order valence-electron chi connectivity index (χ1n) is 11.1. The fourth-order valence-corrected chi connectivity index (χ4v) is 9.73. The molecule has 1 heterocycles. The summed E-state index contributed by atoms with van der Waals surface area (Å²) in [5.41, 5.74) is 1.27. The molecule has 11 heteroatoms. The van der Waals surface area contributed by atoms with E-state index in [1.54, 1.807) is 12.1 Å². The quantitative estimate of drug-likeness (QED) is 0.236. The summed E-state index contributed by atoms with van der Waals surface area (Å²) < 4.78 is 4.15. The van der Waals surface area contributed by atoms with Crippen molar-refractivity contribution in [2.45, 2.75) is 32.8 Å². The van der Waals surface area contributed by atoms with E-state index in [-0.39, 0.29) is 39.8 Å². The Labute approximate surface area is 234 Å². The van der Waals surface area contributed by atoms with Gasteiger partial charge in [-0.2, -0.15) is 0 Å². The number of rotatable bonds is 2. The third-order valence-electron chi connectivity index (χ3n) is 8.16. The van der Waals surface area contributed by atoms with E-state index in [1.807, 2.05) is 0 Å². The Morgan fingerprint density at radius 2 is 1.58 bits per heavy atom. The molecule has 0 spiro atoms. The Bertz CT molecular complexity index is 1530. The highest BCUT2D eigenvalue weighted by molar-refractivity contribution is 6.65. The first kappa shape index (κ1) is 25.0. The summed E-state index contributed by atoms with van der Waals surface area (Å²) in [5, 5.41) is 21.1. The fourth-order valence-electron chi connectivity index (χ4n) is 6.62. The Hall–Kier alpha value is -1.34. The molecule has 5 nitrogen and oxygen atoms in total. The van der Waals surface area contributed by atoms with Crippen molar-refractivity contribution in [1.82, 2.24) is 0 Å². The normalized spacial score (nSPS) is 34.9. The van der Waals surface area contributed by atoms with Crippen molar-refractivity contribution in [2.24, 2.45) is 17.8 Å². The van der Waals surface area contributed by atoms with Gasteiger partial charge in [0.2, 0.25) is 0 Å². The number of hydrogen-bond donors (Lipinski definition) is 2. The molecule has 0 saturated heterocycles. The number of aromatic hydroxyl groups is 1. The van der Waals surface area contributed by atoms with Crippen molar-refractivity contribution < 1.29 is 19.4 Å². The van der Waals surface area contributed by atoms with Gasteiger partial charge in [0.25, 0.3) is 0 Å². The predicted octanol–water partition coefficient (Wildman–Crippen LogP) is 7.26. The molecule has 2 saturated carbocycles. The lowest BCUT2D eigenvalue weighted by atomic mass is 9.62. The summed E-state index contributed by atoms with van der Waals surface area (Å²) in [6, 6.07) is 8.92. The molecule has 0 amide bonds. The number of alkyl halides is 4. The van der Waals surface area contributed by atoms with Crippen LogP contribution in [0.25, 0.3) is 22.3 Å². The zero-order chi connectivity index (χ0) is 25.9. The number of aliphatic carboxylic acids is 1. The monoisotopic (exact) mass is 606 g/mol. The Kier molecular flexibility index (Phi) is 5.44. The van der Waals surface area contributed by atoms with Gasteiger partial charge in [-0.25, -0.2) is 0 Å². The molecule has 2 bridgehead atoms. The van der Waals surface area contributed by atoms with E-state index in [0.717, 1.165) is 0 Å². The van der Waals surface area contributed by atoms with Gasteiger partial charge >= 0.3 is 5.97 Å². The number of phenolic OH excluding ortho intramolecular Hbond substituents is 1. The molecule has 5 aliphatic rings. The van der Waals surface area contributed by atoms with Crippen molar-refractivity contribution in [3.63, 3.8) is 0 Å². The van der Waals surface area contributed by atoms with Crippen molar-refractivity contribution in [3.05, 3.63) is 62.2 Å². The van der Waals surface area contributed by atoms with Crippen LogP contribution in [-0.4, -0.2) is 30.3 Å². The van der Waals surface area contributed by atoms with Crippen LogP contribution >= 0.6 is 69.6 Å². The summed E-state index contributed by atoms with van der Waals surface area (Å²) in [5.74, 6) is -3.37.